The number of para-hydroxylation sites is 1. The largest absolute Gasteiger partial charge is 0.504 e. The van der Waals surface area contributed by atoms with Crippen LogP contribution in [0.5, 0.6) is 5.75 Å². The molecule has 0 aliphatic carbocycles. The molecule has 6 nitrogen and oxygen atoms in total. The monoisotopic (exact) mass is 464 g/mol. The van der Waals surface area contributed by atoms with Crippen LogP contribution in [0.3, 0.4) is 0 Å². The Morgan fingerprint density at radius 1 is 1.17 bits per heavy atom. The number of aromatic hydroxyl groups is 1. The van der Waals surface area contributed by atoms with E-state index in [9.17, 15) is 23.5 Å². The Morgan fingerprint density at radius 3 is 2.52 bits per heavy atom. The summed E-state index contributed by atoms with van der Waals surface area (Å²) in [4.78, 5) is 31.7. The average Bonchev–Trinajstić information content (AvgIpc) is 2.69. The molecule has 29 heavy (non-hydrogen) atoms. The molecule has 0 saturated heterocycles. The summed E-state index contributed by atoms with van der Waals surface area (Å²) in [6.45, 7) is 1.83. The van der Waals surface area contributed by atoms with Crippen molar-refractivity contribution < 1.29 is 28.2 Å². The Bertz CT molecular complexity index is 1100. The third-order valence-corrected chi connectivity index (χ3v) is 4.98. The fraction of sp³-hybridized carbons (Fsp3) is 0.200. The highest BCUT2D eigenvalue weighted by atomic mass is 79.9. The number of ether oxygens (including phenoxy) is 1. The van der Waals surface area contributed by atoms with E-state index in [0.717, 1.165) is 12.4 Å². The number of hydrogen-bond donors (Lipinski definition) is 1. The van der Waals surface area contributed by atoms with Crippen molar-refractivity contribution in [2.45, 2.75) is 19.8 Å². The second-order valence-electron chi connectivity index (χ2n) is 6.03. The summed E-state index contributed by atoms with van der Waals surface area (Å²) in [7, 11) is 0. The van der Waals surface area contributed by atoms with Crippen LogP contribution in [-0.4, -0.2) is 33.4 Å². The Kier molecular flexibility index (Phi) is 6.17. The Labute approximate surface area is 172 Å². The van der Waals surface area contributed by atoms with Gasteiger partial charge in [-0.3, -0.25) is 14.6 Å². The van der Waals surface area contributed by atoms with Gasteiger partial charge >= 0.3 is 5.97 Å². The molecular formula is C20H15BrF2N2O4. The number of hydrogen-bond acceptors (Lipinski definition) is 6. The van der Waals surface area contributed by atoms with E-state index in [2.05, 4.69) is 25.9 Å². The Balaban J connectivity index is 2.13. The van der Waals surface area contributed by atoms with Crippen LogP contribution in [0.2, 0.25) is 0 Å². The zero-order valence-corrected chi connectivity index (χ0v) is 16.8. The second-order valence-corrected chi connectivity index (χ2v) is 6.82. The molecule has 9 heteroatoms. The number of rotatable bonds is 6. The van der Waals surface area contributed by atoms with Crippen LogP contribution in [-0.2, 0) is 9.53 Å². The molecule has 3 rings (SSSR count). The summed E-state index contributed by atoms with van der Waals surface area (Å²) in [5.74, 6) is -3.36. The molecule has 0 amide bonds. The lowest BCUT2D eigenvalue weighted by molar-refractivity contribution is -0.143. The van der Waals surface area contributed by atoms with Gasteiger partial charge < -0.3 is 9.84 Å². The van der Waals surface area contributed by atoms with E-state index in [-0.39, 0.29) is 46.3 Å². The summed E-state index contributed by atoms with van der Waals surface area (Å²) in [5, 5.41) is 10.8. The molecule has 1 aromatic carbocycles. The number of esters is 1. The minimum Gasteiger partial charge on any atom is -0.504 e. The first kappa shape index (κ1) is 20.8. The van der Waals surface area contributed by atoms with E-state index in [1.807, 2.05) is 0 Å². The molecule has 0 radical (unpaired) electrons. The van der Waals surface area contributed by atoms with E-state index < -0.39 is 29.1 Å². The molecule has 0 saturated carbocycles. The van der Waals surface area contributed by atoms with Gasteiger partial charge in [-0.15, -0.1) is 0 Å². The molecule has 3 aromatic rings. The maximum atomic E-state index is 14.3. The van der Waals surface area contributed by atoms with Gasteiger partial charge in [-0.05, 0) is 22.9 Å². The molecule has 2 aromatic heterocycles. The maximum Gasteiger partial charge on any atom is 0.306 e. The quantitative estimate of drug-likeness (QED) is 0.424. The van der Waals surface area contributed by atoms with Crippen molar-refractivity contribution in [2.75, 3.05) is 6.61 Å². The van der Waals surface area contributed by atoms with Gasteiger partial charge in [0.25, 0.3) is 0 Å². The normalized spacial score (nSPS) is 10.9. The van der Waals surface area contributed by atoms with Gasteiger partial charge in [-0.2, -0.15) is 0 Å². The fourth-order valence-electron chi connectivity index (χ4n) is 2.87. The fourth-order valence-corrected chi connectivity index (χ4v) is 3.38. The zero-order valence-electron chi connectivity index (χ0n) is 15.2. The van der Waals surface area contributed by atoms with Crippen LogP contribution in [0, 0.1) is 11.6 Å². The third-order valence-electron chi connectivity index (χ3n) is 4.18. The summed E-state index contributed by atoms with van der Waals surface area (Å²) in [6, 6.07) is 4.58. The lowest BCUT2D eigenvalue weighted by Crippen LogP contribution is -2.10. The van der Waals surface area contributed by atoms with Crippen molar-refractivity contribution in [1.82, 2.24) is 9.97 Å². The molecule has 0 fully saturated rings. The Hall–Kier alpha value is -2.94. The van der Waals surface area contributed by atoms with Crippen molar-refractivity contribution in [3.05, 3.63) is 52.4 Å². The number of halogens is 3. The van der Waals surface area contributed by atoms with Crippen LogP contribution < -0.4 is 0 Å². The summed E-state index contributed by atoms with van der Waals surface area (Å²) >= 11 is 3.21. The molecule has 0 bridgehead atoms. The minimum atomic E-state index is -0.890. The van der Waals surface area contributed by atoms with Gasteiger partial charge in [-0.25, -0.2) is 13.8 Å². The molecule has 0 spiro atoms. The smallest absolute Gasteiger partial charge is 0.306 e. The summed E-state index contributed by atoms with van der Waals surface area (Å²) in [6.07, 6.45) is 1.33. The molecule has 0 atom stereocenters. The number of pyridine rings is 2. The number of nitrogens with zero attached hydrogens (tertiary/aromatic N) is 2. The zero-order chi connectivity index (χ0) is 21.1. The summed E-state index contributed by atoms with van der Waals surface area (Å²) < 4.78 is 33.5. The van der Waals surface area contributed by atoms with Crippen LogP contribution in [0.4, 0.5) is 8.78 Å². The second kappa shape index (κ2) is 8.60. The van der Waals surface area contributed by atoms with E-state index in [1.165, 1.54) is 6.07 Å². The molecule has 1 N–H and O–H groups in total. The van der Waals surface area contributed by atoms with Gasteiger partial charge in [0.05, 0.1) is 41.0 Å². The van der Waals surface area contributed by atoms with Crippen molar-refractivity contribution in [1.29, 1.82) is 0 Å². The van der Waals surface area contributed by atoms with Crippen molar-refractivity contribution >= 4 is 38.6 Å². The first-order chi connectivity index (χ1) is 13.8. The SMILES string of the molecule is CCOC(=O)CCC(=O)c1nc2c(-c3c(F)cncc3F)cccc2c(Br)c1O. The Morgan fingerprint density at radius 2 is 1.86 bits per heavy atom. The molecule has 2 heterocycles. The number of ketones is 1. The van der Waals surface area contributed by atoms with Crippen molar-refractivity contribution in [2.24, 2.45) is 0 Å². The first-order valence-electron chi connectivity index (χ1n) is 8.64. The predicted octanol–water partition coefficient (Wildman–Crippen LogP) is 4.57. The predicted molar refractivity (Wildman–Crippen MR) is 104 cm³/mol. The highest BCUT2D eigenvalue weighted by Gasteiger charge is 2.23. The van der Waals surface area contributed by atoms with Gasteiger partial charge in [0.2, 0.25) is 0 Å². The van der Waals surface area contributed by atoms with E-state index in [1.54, 1.807) is 19.1 Å². The highest BCUT2D eigenvalue weighted by Crippen LogP contribution is 2.39. The van der Waals surface area contributed by atoms with Crippen LogP contribution in [0.1, 0.15) is 30.3 Å². The molecule has 0 unspecified atom stereocenters. The number of benzene rings is 1. The van der Waals surface area contributed by atoms with Gasteiger partial charge in [0.1, 0.15) is 5.69 Å². The van der Waals surface area contributed by atoms with E-state index >= 15 is 0 Å². The van der Waals surface area contributed by atoms with Crippen LogP contribution in [0.25, 0.3) is 22.0 Å². The standard InChI is InChI=1S/C20H15BrF2N2O4/c1-2-29-15(27)7-6-14(26)19-20(28)17(21)11-5-3-4-10(18(11)25-19)16-12(22)8-24-9-13(16)23/h3-5,8-9,28H,2,6-7H2,1H3. The number of carbonyl (C=O) groups is 2. The lowest BCUT2D eigenvalue weighted by atomic mass is 10.0. The van der Waals surface area contributed by atoms with Crippen LogP contribution in [0.15, 0.2) is 35.1 Å². The summed E-state index contributed by atoms with van der Waals surface area (Å²) in [5.41, 5.74) is -0.447. The molecule has 150 valence electrons. The third kappa shape index (κ3) is 4.09. The number of Topliss-reactive ketones (excluding diaryl/α,β-unsaturated/α-hetero) is 1. The van der Waals surface area contributed by atoms with Gasteiger partial charge in [0.15, 0.2) is 23.2 Å². The molecule has 0 aliphatic rings. The number of aromatic nitrogens is 2. The maximum absolute atomic E-state index is 14.3. The van der Waals surface area contributed by atoms with Crippen LogP contribution >= 0.6 is 15.9 Å². The minimum absolute atomic E-state index is 0.0973. The number of fused-ring (bicyclic) bond motifs is 1. The van der Waals surface area contributed by atoms with Crippen molar-refractivity contribution in [3.8, 4) is 16.9 Å². The first-order valence-corrected chi connectivity index (χ1v) is 9.43. The highest BCUT2D eigenvalue weighted by molar-refractivity contribution is 9.10. The van der Waals surface area contributed by atoms with Crippen molar-refractivity contribution in [3.63, 3.8) is 0 Å². The molecule has 0 aliphatic heterocycles. The average molecular weight is 465 g/mol. The van der Waals surface area contributed by atoms with Gasteiger partial charge in [0, 0.05) is 17.4 Å². The van der Waals surface area contributed by atoms with E-state index in [4.69, 9.17) is 4.74 Å². The topological polar surface area (TPSA) is 89.4 Å². The lowest BCUT2D eigenvalue weighted by Gasteiger charge is -2.12. The molecular weight excluding hydrogens is 450 g/mol. The van der Waals surface area contributed by atoms with Gasteiger partial charge in [-0.1, -0.05) is 18.2 Å². The van der Waals surface area contributed by atoms with E-state index in [0.29, 0.717) is 5.39 Å². The number of carbonyl (C=O) groups excluding carboxylic acids is 2.